The molecular formula is C18H18F3N3O3. The summed E-state index contributed by atoms with van der Waals surface area (Å²) in [6.45, 7) is 2.64. The molecule has 0 radical (unpaired) electrons. The van der Waals surface area contributed by atoms with Crippen LogP contribution in [0.25, 0.3) is 0 Å². The van der Waals surface area contributed by atoms with Crippen LogP contribution in [0.15, 0.2) is 41.3 Å². The van der Waals surface area contributed by atoms with Gasteiger partial charge in [-0.2, -0.15) is 13.2 Å². The third kappa shape index (κ3) is 5.19. The van der Waals surface area contributed by atoms with E-state index >= 15 is 0 Å². The fourth-order valence-corrected chi connectivity index (χ4v) is 2.46. The van der Waals surface area contributed by atoms with Crippen LogP contribution in [0.1, 0.15) is 16.7 Å². The van der Waals surface area contributed by atoms with Crippen LogP contribution in [-0.2, 0) is 22.3 Å². The smallest absolute Gasteiger partial charge is 0.345 e. The molecule has 2 N–H and O–H groups in total. The van der Waals surface area contributed by atoms with Crippen molar-refractivity contribution in [3.8, 4) is 0 Å². The fourth-order valence-electron chi connectivity index (χ4n) is 2.46. The van der Waals surface area contributed by atoms with E-state index in [2.05, 4.69) is 10.6 Å². The molecule has 0 saturated carbocycles. The summed E-state index contributed by atoms with van der Waals surface area (Å²) in [6, 6.07) is 7.16. The van der Waals surface area contributed by atoms with E-state index in [0.29, 0.717) is 16.3 Å². The maximum absolute atomic E-state index is 12.7. The molecule has 1 aromatic heterocycles. The Morgan fingerprint density at radius 2 is 1.67 bits per heavy atom. The third-order valence-electron chi connectivity index (χ3n) is 3.83. The average Bonchev–Trinajstić information content (AvgIpc) is 2.57. The molecule has 9 heteroatoms. The number of halogens is 3. The minimum absolute atomic E-state index is 0.375. The number of aryl methyl sites for hydroxylation is 2. The first-order valence-corrected chi connectivity index (χ1v) is 7.99. The van der Waals surface area contributed by atoms with Gasteiger partial charge in [-0.1, -0.05) is 18.2 Å². The summed E-state index contributed by atoms with van der Waals surface area (Å²) in [5.41, 5.74) is -0.341. The molecule has 0 bridgehead atoms. The second-order valence-electron chi connectivity index (χ2n) is 5.94. The summed E-state index contributed by atoms with van der Waals surface area (Å²) in [7, 11) is 0. The summed E-state index contributed by atoms with van der Waals surface area (Å²) in [6.07, 6.45) is -3.73. The molecule has 2 aromatic rings. The lowest BCUT2D eigenvalue weighted by Gasteiger charge is -2.13. The molecule has 2 amide bonds. The number of alkyl halides is 3. The van der Waals surface area contributed by atoms with Crippen LogP contribution in [0.3, 0.4) is 0 Å². The Morgan fingerprint density at radius 1 is 1.04 bits per heavy atom. The van der Waals surface area contributed by atoms with E-state index in [1.165, 1.54) is 0 Å². The van der Waals surface area contributed by atoms with Gasteiger partial charge in [0.15, 0.2) is 0 Å². The number of carbonyl (C=O) groups excluding carboxylic acids is 2. The minimum Gasteiger partial charge on any atom is -0.345 e. The molecule has 0 aliphatic carbocycles. The molecular weight excluding hydrogens is 363 g/mol. The van der Waals surface area contributed by atoms with Crippen LogP contribution in [0.5, 0.6) is 0 Å². The van der Waals surface area contributed by atoms with Gasteiger partial charge in [0.05, 0.1) is 6.54 Å². The third-order valence-corrected chi connectivity index (χ3v) is 3.83. The number of anilines is 1. The lowest BCUT2D eigenvalue weighted by Crippen LogP contribution is -2.38. The number of amides is 2. The molecule has 1 aromatic carbocycles. The van der Waals surface area contributed by atoms with Crippen LogP contribution in [-0.4, -0.2) is 22.9 Å². The van der Waals surface area contributed by atoms with E-state index in [1.807, 2.05) is 32.0 Å². The van der Waals surface area contributed by atoms with Gasteiger partial charge in [0, 0.05) is 11.9 Å². The van der Waals surface area contributed by atoms with Crippen molar-refractivity contribution in [1.82, 2.24) is 9.88 Å². The number of nitrogens with one attached hydrogen (secondary N) is 2. The summed E-state index contributed by atoms with van der Waals surface area (Å²) >= 11 is 0. The number of carbonyl (C=O) groups is 2. The predicted molar refractivity (Wildman–Crippen MR) is 93.3 cm³/mol. The number of hydrogen-bond acceptors (Lipinski definition) is 3. The van der Waals surface area contributed by atoms with Crippen LogP contribution in [0.2, 0.25) is 0 Å². The Morgan fingerprint density at radius 3 is 2.26 bits per heavy atom. The molecule has 0 aliphatic heterocycles. The number of hydrogen-bond donors (Lipinski definition) is 2. The van der Waals surface area contributed by atoms with Gasteiger partial charge in [-0.25, -0.2) is 0 Å². The van der Waals surface area contributed by atoms with Gasteiger partial charge >= 0.3 is 6.18 Å². The molecule has 6 nitrogen and oxygen atoms in total. The summed E-state index contributed by atoms with van der Waals surface area (Å²) in [4.78, 5) is 35.7. The van der Waals surface area contributed by atoms with Crippen LogP contribution in [0.4, 0.5) is 18.9 Å². The zero-order chi connectivity index (χ0) is 20.2. The first-order valence-electron chi connectivity index (χ1n) is 7.99. The Balaban J connectivity index is 1.97. The van der Waals surface area contributed by atoms with E-state index in [9.17, 15) is 27.6 Å². The molecule has 0 unspecified atom stereocenters. The molecule has 1 heterocycles. The van der Waals surface area contributed by atoms with E-state index < -0.39 is 35.7 Å². The first-order chi connectivity index (χ1) is 12.6. The normalized spacial score (nSPS) is 11.1. The Labute approximate surface area is 153 Å². The van der Waals surface area contributed by atoms with Gasteiger partial charge in [0.2, 0.25) is 11.8 Å². The van der Waals surface area contributed by atoms with Crippen molar-refractivity contribution < 1.29 is 22.8 Å². The van der Waals surface area contributed by atoms with Gasteiger partial charge in [-0.15, -0.1) is 0 Å². The van der Waals surface area contributed by atoms with Crippen molar-refractivity contribution in [2.75, 3.05) is 11.9 Å². The van der Waals surface area contributed by atoms with Gasteiger partial charge in [-0.3, -0.25) is 14.4 Å². The van der Waals surface area contributed by atoms with Crippen molar-refractivity contribution in [2.45, 2.75) is 26.6 Å². The van der Waals surface area contributed by atoms with Crippen LogP contribution < -0.4 is 16.2 Å². The molecule has 27 heavy (non-hydrogen) atoms. The maximum Gasteiger partial charge on any atom is 0.421 e. The van der Waals surface area contributed by atoms with Crippen molar-refractivity contribution in [2.24, 2.45) is 0 Å². The zero-order valence-electron chi connectivity index (χ0n) is 14.7. The van der Waals surface area contributed by atoms with Gasteiger partial charge in [0.25, 0.3) is 5.56 Å². The Kier molecular flexibility index (Phi) is 6.04. The number of benzene rings is 1. The van der Waals surface area contributed by atoms with Crippen LogP contribution in [0, 0.1) is 13.8 Å². The average molecular weight is 381 g/mol. The topological polar surface area (TPSA) is 80.2 Å². The molecule has 144 valence electrons. The standard InChI is InChI=1S/C18H18F3N3O3/c1-11-5-3-6-12(2)16(11)23-14(25)9-22-15(26)10-24-8-4-7-13(17(24)27)18(19,20)21/h3-8H,9-10H2,1-2H3,(H,22,26)(H,23,25). The highest BCUT2D eigenvalue weighted by atomic mass is 19.4. The van der Waals surface area contributed by atoms with Crippen molar-refractivity contribution in [3.63, 3.8) is 0 Å². The SMILES string of the molecule is Cc1cccc(C)c1NC(=O)CNC(=O)Cn1cccc(C(F)(F)F)c1=O. The maximum atomic E-state index is 12.7. The molecule has 2 rings (SSSR count). The molecule has 0 atom stereocenters. The van der Waals surface area contributed by atoms with E-state index in [0.717, 1.165) is 23.4 Å². The fraction of sp³-hybridized carbons (Fsp3) is 0.278. The molecule has 0 fully saturated rings. The summed E-state index contributed by atoms with van der Waals surface area (Å²) in [5.74, 6) is -1.25. The lowest BCUT2D eigenvalue weighted by molar-refractivity contribution is -0.139. The quantitative estimate of drug-likeness (QED) is 0.834. The number of aromatic nitrogens is 1. The second-order valence-corrected chi connectivity index (χ2v) is 5.94. The minimum atomic E-state index is -4.80. The monoisotopic (exact) mass is 381 g/mol. The highest BCUT2D eigenvalue weighted by Crippen LogP contribution is 2.25. The molecule has 0 saturated heterocycles. The number of nitrogens with zero attached hydrogens (tertiary/aromatic N) is 1. The van der Waals surface area contributed by atoms with E-state index in [1.54, 1.807) is 0 Å². The van der Waals surface area contributed by atoms with E-state index in [-0.39, 0.29) is 6.54 Å². The largest absolute Gasteiger partial charge is 0.421 e. The number of pyridine rings is 1. The summed E-state index contributed by atoms with van der Waals surface area (Å²) < 4.78 is 38.8. The van der Waals surface area contributed by atoms with Crippen molar-refractivity contribution in [3.05, 3.63) is 63.6 Å². The van der Waals surface area contributed by atoms with Crippen molar-refractivity contribution >= 4 is 17.5 Å². The van der Waals surface area contributed by atoms with Gasteiger partial charge in [-0.05, 0) is 37.1 Å². The highest BCUT2D eigenvalue weighted by molar-refractivity contribution is 5.95. The Hall–Kier alpha value is -3.10. The van der Waals surface area contributed by atoms with E-state index in [4.69, 9.17) is 0 Å². The highest BCUT2D eigenvalue weighted by Gasteiger charge is 2.34. The van der Waals surface area contributed by atoms with Crippen molar-refractivity contribution in [1.29, 1.82) is 0 Å². The number of para-hydroxylation sites is 1. The lowest BCUT2D eigenvalue weighted by atomic mass is 10.1. The molecule has 0 aliphatic rings. The first kappa shape index (κ1) is 20.2. The van der Waals surface area contributed by atoms with Gasteiger partial charge in [0.1, 0.15) is 12.1 Å². The zero-order valence-corrected chi connectivity index (χ0v) is 14.7. The predicted octanol–water partition coefficient (Wildman–Crippen LogP) is 2.24. The Bertz CT molecular complexity index is 900. The summed E-state index contributed by atoms with van der Waals surface area (Å²) in [5, 5.41) is 4.95. The number of rotatable bonds is 5. The van der Waals surface area contributed by atoms with Crippen LogP contribution >= 0.6 is 0 Å². The second kappa shape index (κ2) is 8.07. The molecule has 0 spiro atoms. The van der Waals surface area contributed by atoms with Gasteiger partial charge < -0.3 is 15.2 Å².